The van der Waals surface area contributed by atoms with E-state index in [1.165, 1.54) is 5.56 Å². The van der Waals surface area contributed by atoms with Crippen LogP contribution in [-0.4, -0.2) is 15.7 Å². The molecule has 2 aromatic rings. The fourth-order valence-electron chi connectivity index (χ4n) is 1.29. The van der Waals surface area contributed by atoms with Crippen LogP contribution in [0.5, 0.6) is 0 Å². The third-order valence-corrected chi connectivity index (χ3v) is 3.97. The minimum Gasteiger partial charge on any atom is -0.229 e. The van der Waals surface area contributed by atoms with Gasteiger partial charge in [0, 0.05) is 17.6 Å². The lowest BCUT2D eigenvalue weighted by Gasteiger charge is -2.00. The molecule has 0 atom stereocenters. The fourth-order valence-corrected chi connectivity index (χ4v) is 3.15. The van der Waals surface area contributed by atoms with Crippen LogP contribution in [-0.2, 0) is 0 Å². The minimum absolute atomic E-state index is 0.555. The summed E-state index contributed by atoms with van der Waals surface area (Å²) in [5, 5.41) is 12.7. The third kappa shape index (κ3) is 2.11. The van der Waals surface area contributed by atoms with E-state index >= 15 is 0 Å². The molecular formula is C10H9N3S2. The van der Waals surface area contributed by atoms with Gasteiger partial charge in [0.2, 0.25) is 0 Å². The normalized spacial score (nSPS) is 10.4. The van der Waals surface area contributed by atoms with Gasteiger partial charge in [-0.2, -0.15) is 5.26 Å². The first kappa shape index (κ1) is 10.4. The van der Waals surface area contributed by atoms with Gasteiger partial charge < -0.3 is 0 Å². The Balaban J connectivity index is 2.34. The number of hydrogen-bond acceptors (Lipinski definition) is 5. The number of aryl methyl sites for hydroxylation is 1. The monoisotopic (exact) mass is 235 g/mol. The van der Waals surface area contributed by atoms with Gasteiger partial charge in [-0.3, -0.25) is 0 Å². The highest BCUT2D eigenvalue weighted by molar-refractivity contribution is 7.99. The van der Waals surface area contributed by atoms with E-state index in [1.807, 2.05) is 0 Å². The number of hydrogen-bond donors (Lipinski definition) is 0. The SMILES string of the molecule is Cc1csc2ncnc(SCCC#N)c12. The summed E-state index contributed by atoms with van der Waals surface area (Å²) in [7, 11) is 0. The second-order valence-electron chi connectivity index (χ2n) is 3.03. The molecule has 0 amide bonds. The number of nitrogens with zero attached hydrogens (tertiary/aromatic N) is 3. The molecule has 5 heteroatoms. The van der Waals surface area contributed by atoms with Gasteiger partial charge in [0.1, 0.15) is 16.2 Å². The molecule has 2 heterocycles. The van der Waals surface area contributed by atoms with Crippen LogP contribution in [0, 0.1) is 18.3 Å². The van der Waals surface area contributed by atoms with Crippen LogP contribution >= 0.6 is 23.1 Å². The van der Waals surface area contributed by atoms with Crippen molar-refractivity contribution in [2.24, 2.45) is 0 Å². The van der Waals surface area contributed by atoms with E-state index in [9.17, 15) is 0 Å². The van der Waals surface area contributed by atoms with E-state index in [2.05, 4.69) is 28.3 Å². The first-order chi connectivity index (χ1) is 7.33. The summed E-state index contributed by atoms with van der Waals surface area (Å²) < 4.78 is 0. The summed E-state index contributed by atoms with van der Waals surface area (Å²) in [6.45, 7) is 2.07. The molecule has 2 rings (SSSR count). The number of thioether (sulfide) groups is 1. The van der Waals surface area contributed by atoms with Crippen LogP contribution in [0.25, 0.3) is 10.2 Å². The molecule has 0 spiro atoms. The lowest BCUT2D eigenvalue weighted by molar-refractivity contribution is 1.10. The predicted octanol–water partition coefficient (Wildman–Crippen LogP) is 3.01. The van der Waals surface area contributed by atoms with Crippen molar-refractivity contribution in [3.8, 4) is 6.07 Å². The van der Waals surface area contributed by atoms with Crippen LogP contribution < -0.4 is 0 Å². The molecule has 0 fully saturated rings. The highest BCUT2D eigenvalue weighted by Gasteiger charge is 2.08. The van der Waals surface area contributed by atoms with Crippen molar-refractivity contribution in [1.29, 1.82) is 5.26 Å². The molecule has 0 saturated carbocycles. The number of aromatic nitrogens is 2. The van der Waals surface area contributed by atoms with Gasteiger partial charge in [0.15, 0.2) is 0 Å². The number of rotatable bonds is 3. The fraction of sp³-hybridized carbons (Fsp3) is 0.300. The molecule has 0 radical (unpaired) electrons. The van der Waals surface area contributed by atoms with Crippen molar-refractivity contribution in [2.75, 3.05) is 5.75 Å². The molecule has 0 saturated heterocycles. The van der Waals surface area contributed by atoms with Crippen molar-refractivity contribution in [3.05, 3.63) is 17.3 Å². The Bertz CT molecular complexity index is 513. The zero-order valence-corrected chi connectivity index (χ0v) is 9.86. The van der Waals surface area contributed by atoms with Crippen molar-refractivity contribution < 1.29 is 0 Å². The maximum atomic E-state index is 8.48. The van der Waals surface area contributed by atoms with Crippen molar-refractivity contribution >= 4 is 33.3 Å². The van der Waals surface area contributed by atoms with Crippen LogP contribution in [0.1, 0.15) is 12.0 Å². The molecule has 0 bridgehead atoms. The molecule has 15 heavy (non-hydrogen) atoms. The average Bonchev–Trinajstić information content (AvgIpc) is 2.62. The molecule has 76 valence electrons. The third-order valence-electron chi connectivity index (χ3n) is 1.97. The Hall–Kier alpha value is -1.12. The molecule has 0 aromatic carbocycles. The Morgan fingerprint density at radius 3 is 3.20 bits per heavy atom. The summed E-state index contributed by atoms with van der Waals surface area (Å²) in [5.41, 5.74) is 1.22. The number of fused-ring (bicyclic) bond motifs is 1. The summed E-state index contributed by atoms with van der Waals surface area (Å²) in [4.78, 5) is 9.51. The highest BCUT2D eigenvalue weighted by atomic mass is 32.2. The zero-order valence-electron chi connectivity index (χ0n) is 8.23. The molecule has 0 aliphatic heterocycles. The van der Waals surface area contributed by atoms with Crippen molar-refractivity contribution in [2.45, 2.75) is 18.4 Å². The van der Waals surface area contributed by atoms with Gasteiger partial charge in [0.25, 0.3) is 0 Å². The van der Waals surface area contributed by atoms with Crippen molar-refractivity contribution in [1.82, 2.24) is 9.97 Å². The molecule has 0 unspecified atom stereocenters. The topological polar surface area (TPSA) is 49.6 Å². The maximum absolute atomic E-state index is 8.48. The van der Waals surface area contributed by atoms with Gasteiger partial charge in [-0.25, -0.2) is 9.97 Å². The summed E-state index contributed by atoms with van der Waals surface area (Å²) in [6, 6.07) is 2.13. The molecule has 0 aliphatic carbocycles. The predicted molar refractivity (Wildman–Crippen MR) is 63.1 cm³/mol. The lowest BCUT2D eigenvalue weighted by Crippen LogP contribution is -1.86. The van der Waals surface area contributed by atoms with Crippen LogP contribution in [0.15, 0.2) is 16.7 Å². The Morgan fingerprint density at radius 2 is 2.40 bits per heavy atom. The first-order valence-corrected chi connectivity index (χ1v) is 6.38. The molecule has 3 nitrogen and oxygen atoms in total. The van der Waals surface area contributed by atoms with E-state index in [4.69, 9.17) is 5.26 Å². The second kappa shape index (κ2) is 4.60. The summed E-state index contributed by atoms with van der Waals surface area (Å²) in [5.74, 6) is 0.790. The van der Waals surface area contributed by atoms with E-state index in [0.717, 1.165) is 21.0 Å². The van der Waals surface area contributed by atoms with Gasteiger partial charge in [-0.05, 0) is 17.9 Å². The van der Waals surface area contributed by atoms with Gasteiger partial charge in [0.05, 0.1) is 6.07 Å². The van der Waals surface area contributed by atoms with E-state index < -0.39 is 0 Å². The van der Waals surface area contributed by atoms with Gasteiger partial charge >= 0.3 is 0 Å². The Kier molecular flexibility index (Phi) is 3.19. The Morgan fingerprint density at radius 1 is 1.53 bits per heavy atom. The average molecular weight is 235 g/mol. The minimum atomic E-state index is 0.555. The molecule has 0 N–H and O–H groups in total. The van der Waals surface area contributed by atoms with Crippen LogP contribution in [0.4, 0.5) is 0 Å². The number of thiophene rings is 1. The van der Waals surface area contributed by atoms with E-state index in [1.54, 1.807) is 29.4 Å². The van der Waals surface area contributed by atoms with E-state index in [0.29, 0.717) is 6.42 Å². The lowest BCUT2D eigenvalue weighted by atomic mass is 10.3. The van der Waals surface area contributed by atoms with Gasteiger partial charge in [-0.15, -0.1) is 23.1 Å². The molecular weight excluding hydrogens is 226 g/mol. The smallest absolute Gasteiger partial charge is 0.128 e. The molecule has 2 aromatic heterocycles. The van der Waals surface area contributed by atoms with Crippen molar-refractivity contribution in [3.63, 3.8) is 0 Å². The summed E-state index contributed by atoms with van der Waals surface area (Å²) in [6.07, 6.45) is 2.15. The van der Waals surface area contributed by atoms with E-state index in [-0.39, 0.29) is 0 Å². The maximum Gasteiger partial charge on any atom is 0.128 e. The molecule has 0 aliphatic rings. The van der Waals surface area contributed by atoms with Crippen LogP contribution in [0.2, 0.25) is 0 Å². The number of nitriles is 1. The zero-order chi connectivity index (χ0) is 10.7. The standard InChI is InChI=1S/C10H9N3S2/c1-7-5-15-10-8(7)9(12-6-13-10)14-4-2-3-11/h5-6H,2,4H2,1H3. The summed E-state index contributed by atoms with van der Waals surface area (Å²) >= 11 is 3.26. The van der Waals surface area contributed by atoms with Gasteiger partial charge in [-0.1, -0.05) is 0 Å². The highest BCUT2D eigenvalue weighted by Crippen LogP contribution is 2.31. The first-order valence-electron chi connectivity index (χ1n) is 4.51. The largest absolute Gasteiger partial charge is 0.229 e. The Labute approximate surface area is 96.2 Å². The second-order valence-corrected chi connectivity index (χ2v) is 4.98. The van der Waals surface area contributed by atoms with Crippen LogP contribution in [0.3, 0.4) is 0 Å². The quantitative estimate of drug-likeness (QED) is 0.466.